The normalized spacial score (nSPS) is 20.1. The Hall–Kier alpha value is -0.720. The molecule has 108 valence electrons. The van der Waals surface area contributed by atoms with Gasteiger partial charge in [-0.2, -0.15) is 4.37 Å². The van der Waals surface area contributed by atoms with Gasteiger partial charge >= 0.3 is 0 Å². The molecule has 1 aromatic heterocycles. The van der Waals surface area contributed by atoms with Gasteiger partial charge in [0, 0.05) is 12.6 Å². The Morgan fingerprint density at radius 3 is 2.95 bits per heavy atom. The number of ether oxygens (including phenoxy) is 1. The molecule has 1 heterocycles. The lowest BCUT2D eigenvalue weighted by molar-refractivity contribution is 0.0982. The van der Waals surface area contributed by atoms with Crippen LogP contribution in [0.1, 0.15) is 39.0 Å². The predicted octanol–water partition coefficient (Wildman–Crippen LogP) is 1.84. The van der Waals surface area contributed by atoms with Gasteiger partial charge in [-0.25, -0.2) is 0 Å². The molecule has 1 saturated carbocycles. The van der Waals surface area contributed by atoms with Crippen molar-refractivity contribution in [3.8, 4) is 5.88 Å². The van der Waals surface area contributed by atoms with Gasteiger partial charge in [0.15, 0.2) is 0 Å². The zero-order valence-corrected chi connectivity index (χ0v) is 12.2. The molecule has 1 aromatic rings. The van der Waals surface area contributed by atoms with Crippen LogP contribution in [0, 0.1) is 5.92 Å². The first-order valence-electron chi connectivity index (χ1n) is 7.07. The van der Waals surface area contributed by atoms with E-state index in [1.165, 1.54) is 32.1 Å². The molecular formula is C13H23N3O2S. The maximum Gasteiger partial charge on any atom is 0.245 e. The fourth-order valence-corrected chi connectivity index (χ4v) is 2.95. The number of aromatic nitrogens is 2. The van der Waals surface area contributed by atoms with Crippen LogP contribution in [-0.2, 0) is 0 Å². The zero-order valence-electron chi connectivity index (χ0n) is 11.4. The van der Waals surface area contributed by atoms with Crippen molar-refractivity contribution >= 4 is 11.7 Å². The molecule has 2 unspecified atom stereocenters. The van der Waals surface area contributed by atoms with E-state index in [1.807, 2.05) is 0 Å². The number of aliphatic hydroxyl groups is 1. The molecule has 1 aliphatic carbocycles. The average molecular weight is 285 g/mol. The molecule has 0 bridgehead atoms. The van der Waals surface area contributed by atoms with Gasteiger partial charge in [0.25, 0.3) is 0 Å². The third-order valence-electron chi connectivity index (χ3n) is 3.80. The molecule has 2 N–H and O–H groups in total. The van der Waals surface area contributed by atoms with Gasteiger partial charge in [-0.1, -0.05) is 19.3 Å². The number of nitrogens with one attached hydrogen (secondary N) is 1. The second-order valence-corrected chi connectivity index (χ2v) is 5.86. The van der Waals surface area contributed by atoms with Crippen LogP contribution >= 0.6 is 11.7 Å². The summed E-state index contributed by atoms with van der Waals surface area (Å²) in [6.07, 6.45) is 7.75. The van der Waals surface area contributed by atoms with Crippen molar-refractivity contribution in [2.45, 2.75) is 51.2 Å². The largest absolute Gasteiger partial charge is 0.473 e. The summed E-state index contributed by atoms with van der Waals surface area (Å²) in [4.78, 5) is 0. The Kier molecular flexibility index (Phi) is 6.00. The lowest BCUT2D eigenvalue weighted by atomic mass is 9.84. The van der Waals surface area contributed by atoms with E-state index in [4.69, 9.17) is 4.74 Å². The van der Waals surface area contributed by atoms with Crippen LogP contribution in [0.2, 0.25) is 0 Å². The van der Waals surface area contributed by atoms with Crippen LogP contribution in [0.5, 0.6) is 5.88 Å². The molecule has 2 atom stereocenters. The highest BCUT2D eigenvalue weighted by atomic mass is 32.1. The third-order valence-corrected chi connectivity index (χ3v) is 4.26. The monoisotopic (exact) mass is 285 g/mol. The van der Waals surface area contributed by atoms with Crippen molar-refractivity contribution in [2.24, 2.45) is 5.92 Å². The molecule has 1 aliphatic rings. The van der Waals surface area contributed by atoms with Gasteiger partial charge in [-0.3, -0.25) is 0 Å². The van der Waals surface area contributed by atoms with E-state index in [1.54, 1.807) is 6.20 Å². The Labute approximate surface area is 118 Å². The molecule has 0 amide bonds. The Morgan fingerprint density at radius 2 is 2.26 bits per heavy atom. The first-order valence-corrected chi connectivity index (χ1v) is 7.80. The molecule has 6 heteroatoms. The second-order valence-electron chi connectivity index (χ2n) is 5.31. The van der Waals surface area contributed by atoms with Crippen LogP contribution in [0.25, 0.3) is 0 Å². The number of nitrogens with zero attached hydrogens (tertiary/aromatic N) is 2. The zero-order chi connectivity index (χ0) is 13.5. The molecule has 19 heavy (non-hydrogen) atoms. The van der Waals surface area contributed by atoms with E-state index in [-0.39, 0.29) is 6.61 Å². The quantitative estimate of drug-likeness (QED) is 0.800. The lowest BCUT2D eigenvalue weighted by Crippen LogP contribution is -2.40. The third kappa shape index (κ3) is 5.04. The summed E-state index contributed by atoms with van der Waals surface area (Å²) >= 11 is 1.11. The van der Waals surface area contributed by atoms with E-state index in [9.17, 15) is 5.11 Å². The van der Waals surface area contributed by atoms with E-state index < -0.39 is 6.10 Å². The van der Waals surface area contributed by atoms with E-state index in [0.717, 1.165) is 17.6 Å². The molecule has 0 aromatic carbocycles. The smallest absolute Gasteiger partial charge is 0.245 e. The van der Waals surface area contributed by atoms with Crippen molar-refractivity contribution in [1.29, 1.82) is 0 Å². The fraction of sp³-hybridized carbons (Fsp3) is 0.846. The number of rotatable bonds is 7. The number of hydrogen-bond acceptors (Lipinski definition) is 6. The topological polar surface area (TPSA) is 67.3 Å². The first-order chi connectivity index (χ1) is 9.25. The minimum absolute atomic E-state index is 0.260. The lowest BCUT2D eigenvalue weighted by Gasteiger charge is -2.29. The molecule has 5 nitrogen and oxygen atoms in total. The second kappa shape index (κ2) is 7.77. The van der Waals surface area contributed by atoms with Gasteiger partial charge in [0.2, 0.25) is 5.88 Å². The maximum atomic E-state index is 9.86. The van der Waals surface area contributed by atoms with Crippen molar-refractivity contribution in [3.63, 3.8) is 0 Å². The summed E-state index contributed by atoms with van der Waals surface area (Å²) in [5, 5.41) is 13.3. The summed E-state index contributed by atoms with van der Waals surface area (Å²) in [7, 11) is 0. The summed E-state index contributed by atoms with van der Waals surface area (Å²) in [6.45, 7) is 3.04. The highest BCUT2D eigenvalue weighted by Crippen LogP contribution is 2.26. The fourth-order valence-electron chi connectivity index (χ4n) is 2.58. The van der Waals surface area contributed by atoms with Crippen LogP contribution in [0.3, 0.4) is 0 Å². The Bertz CT molecular complexity index is 342. The van der Waals surface area contributed by atoms with Gasteiger partial charge in [0.05, 0.1) is 11.7 Å². The summed E-state index contributed by atoms with van der Waals surface area (Å²) in [5.41, 5.74) is 0. The molecule has 1 fully saturated rings. The highest BCUT2D eigenvalue weighted by Gasteiger charge is 2.20. The summed E-state index contributed by atoms with van der Waals surface area (Å²) in [6, 6.07) is 0.468. The van der Waals surface area contributed by atoms with Crippen LogP contribution in [0.4, 0.5) is 0 Å². The highest BCUT2D eigenvalue weighted by molar-refractivity contribution is 6.99. The van der Waals surface area contributed by atoms with E-state index >= 15 is 0 Å². The van der Waals surface area contributed by atoms with Crippen molar-refractivity contribution in [2.75, 3.05) is 13.2 Å². The number of hydrogen-bond donors (Lipinski definition) is 2. The van der Waals surface area contributed by atoms with Crippen LogP contribution in [0.15, 0.2) is 6.20 Å². The van der Waals surface area contributed by atoms with E-state index in [0.29, 0.717) is 18.5 Å². The SMILES string of the molecule is CC(NCC(O)COc1cnsn1)C1CCCCC1. The minimum atomic E-state index is -0.507. The predicted molar refractivity (Wildman–Crippen MR) is 75.5 cm³/mol. The number of aliphatic hydroxyl groups excluding tert-OH is 1. The molecule has 0 spiro atoms. The van der Waals surface area contributed by atoms with Crippen molar-refractivity contribution in [3.05, 3.63) is 6.20 Å². The summed E-state index contributed by atoms with van der Waals surface area (Å²) < 4.78 is 13.1. The van der Waals surface area contributed by atoms with Crippen molar-refractivity contribution in [1.82, 2.24) is 14.1 Å². The van der Waals surface area contributed by atoms with Crippen LogP contribution in [-0.4, -0.2) is 39.2 Å². The maximum absolute atomic E-state index is 9.86. The Balaban J connectivity index is 1.60. The standard InChI is InChI=1S/C13H23N3O2S/c1-10(11-5-3-2-4-6-11)14-7-12(17)9-18-13-8-15-19-16-13/h8,10-12,14,17H,2-7,9H2,1H3. The molecule has 0 saturated heterocycles. The van der Waals surface area contributed by atoms with Gasteiger partial charge < -0.3 is 15.2 Å². The van der Waals surface area contributed by atoms with Gasteiger partial charge in [0.1, 0.15) is 18.9 Å². The first kappa shape index (κ1) is 14.7. The van der Waals surface area contributed by atoms with E-state index in [2.05, 4.69) is 21.0 Å². The molecule has 2 rings (SSSR count). The minimum Gasteiger partial charge on any atom is -0.473 e. The molecule has 0 radical (unpaired) electrons. The average Bonchev–Trinajstić information content (AvgIpc) is 2.96. The van der Waals surface area contributed by atoms with Crippen molar-refractivity contribution < 1.29 is 9.84 Å². The Morgan fingerprint density at radius 1 is 1.47 bits per heavy atom. The molecule has 0 aliphatic heterocycles. The summed E-state index contributed by atoms with van der Waals surface area (Å²) in [5.74, 6) is 1.24. The van der Waals surface area contributed by atoms with Gasteiger partial charge in [-0.05, 0) is 25.7 Å². The van der Waals surface area contributed by atoms with Crippen LogP contribution < -0.4 is 10.1 Å². The van der Waals surface area contributed by atoms with Gasteiger partial charge in [-0.15, -0.1) is 4.37 Å². The molecular weight excluding hydrogens is 262 g/mol.